The molecular formula is C41H63N3O17. The Kier molecular flexibility index (Phi) is 27.6. The third-order valence-electron chi connectivity index (χ3n) is 8.82. The van der Waals surface area contributed by atoms with Crippen molar-refractivity contribution in [3.8, 4) is 0 Å². The highest BCUT2D eigenvalue weighted by atomic mass is 16.6. The molecule has 3 rings (SSSR count). The topological polar surface area (TPSA) is 231 Å². The maximum atomic E-state index is 13.2. The van der Waals surface area contributed by atoms with Crippen LogP contribution in [0, 0.1) is 0 Å². The van der Waals surface area contributed by atoms with Crippen molar-refractivity contribution in [2.75, 3.05) is 144 Å². The lowest BCUT2D eigenvalue weighted by Crippen LogP contribution is -2.54. The maximum Gasteiger partial charge on any atom is 0.302 e. The van der Waals surface area contributed by atoms with Crippen LogP contribution < -0.4 is 10.6 Å². The van der Waals surface area contributed by atoms with Gasteiger partial charge in [0.1, 0.15) is 12.6 Å². The molecule has 1 aromatic rings. The Morgan fingerprint density at radius 1 is 0.590 bits per heavy atom. The zero-order valence-corrected chi connectivity index (χ0v) is 35.3. The summed E-state index contributed by atoms with van der Waals surface area (Å²) in [6.07, 6.45) is 2.43. The molecule has 1 unspecified atom stereocenters. The minimum Gasteiger partial charge on any atom is -0.463 e. The van der Waals surface area contributed by atoms with Gasteiger partial charge in [0.2, 0.25) is 17.7 Å². The van der Waals surface area contributed by atoms with Crippen LogP contribution in [-0.2, 0) is 71.3 Å². The van der Waals surface area contributed by atoms with Crippen LogP contribution in [-0.4, -0.2) is 185 Å². The van der Waals surface area contributed by atoms with Crippen molar-refractivity contribution in [2.24, 2.45) is 0 Å². The first-order valence-corrected chi connectivity index (χ1v) is 20.8. The molecule has 344 valence electrons. The van der Waals surface area contributed by atoms with E-state index in [1.807, 2.05) is 0 Å². The van der Waals surface area contributed by atoms with Crippen LogP contribution in [0.2, 0.25) is 0 Å². The first-order valence-electron chi connectivity index (χ1n) is 20.8. The number of hydrogen-bond donors (Lipinski definition) is 2. The number of carbonyl (C=O) groups is 6. The van der Waals surface area contributed by atoms with Gasteiger partial charge in [0.25, 0.3) is 11.8 Å². The SMILES string of the molecule is CC(=O)OCCOCCOCCOCCOCCOCCOCCOCCOCCOCCOCCCCCC(=O)Nc1cccc2c1C(=O)N(C1CCC(=O)NC1=O)C2=O. The number of piperidine rings is 1. The largest absolute Gasteiger partial charge is 0.463 e. The average Bonchev–Trinajstić information content (AvgIpc) is 3.49. The highest BCUT2D eigenvalue weighted by Gasteiger charge is 2.45. The van der Waals surface area contributed by atoms with E-state index in [2.05, 4.69) is 10.6 Å². The summed E-state index contributed by atoms with van der Waals surface area (Å²) in [5.74, 6) is -3.06. The van der Waals surface area contributed by atoms with Crippen molar-refractivity contribution in [3.05, 3.63) is 29.3 Å². The van der Waals surface area contributed by atoms with Gasteiger partial charge in [-0.1, -0.05) is 12.5 Å². The fourth-order valence-electron chi connectivity index (χ4n) is 5.82. The number of nitrogens with one attached hydrogen (secondary N) is 2. The normalized spacial score (nSPS) is 15.0. The molecule has 0 aromatic heterocycles. The summed E-state index contributed by atoms with van der Waals surface area (Å²) in [5.41, 5.74) is 0.372. The molecule has 2 aliphatic rings. The smallest absolute Gasteiger partial charge is 0.302 e. The molecule has 5 amide bonds. The van der Waals surface area contributed by atoms with Gasteiger partial charge in [-0.15, -0.1) is 0 Å². The van der Waals surface area contributed by atoms with E-state index >= 15 is 0 Å². The van der Waals surface area contributed by atoms with Gasteiger partial charge in [-0.2, -0.15) is 0 Å². The second kappa shape index (κ2) is 32.7. The second-order valence-electron chi connectivity index (χ2n) is 13.5. The van der Waals surface area contributed by atoms with E-state index in [0.29, 0.717) is 139 Å². The van der Waals surface area contributed by atoms with Gasteiger partial charge in [0.05, 0.1) is 142 Å². The van der Waals surface area contributed by atoms with Crippen molar-refractivity contribution in [1.82, 2.24) is 10.2 Å². The predicted molar refractivity (Wildman–Crippen MR) is 215 cm³/mol. The Morgan fingerprint density at radius 2 is 1.03 bits per heavy atom. The zero-order valence-electron chi connectivity index (χ0n) is 35.3. The lowest BCUT2D eigenvalue weighted by atomic mass is 10.0. The van der Waals surface area contributed by atoms with Crippen LogP contribution in [0.3, 0.4) is 0 Å². The van der Waals surface area contributed by atoms with Crippen molar-refractivity contribution in [3.63, 3.8) is 0 Å². The zero-order chi connectivity index (χ0) is 43.8. The average molecular weight is 870 g/mol. The van der Waals surface area contributed by atoms with E-state index in [0.717, 1.165) is 17.7 Å². The van der Waals surface area contributed by atoms with Gasteiger partial charge in [-0.05, 0) is 31.4 Å². The number of rotatable bonds is 38. The van der Waals surface area contributed by atoms with Gasteiger partial charge < -0.3 is 57.4 Å². The number of anilines is 1. The number of fused-ring (bicyclic) bond motifs is 1. The third-order valence-corrected chi connectivity index (χ3v) is 8.82. The van der Waals surface area contributed by atoms with Crippen LogP contribution in [0.4, 0.5) is 5.69 Å². The molecule has 61 heavy (non-hydrogen) atoms. The van der Waals surface area contributed by atoms with Gasteiger partial charge in [0.15, 0.2) is 0 Å². The molecule has 0 spiro atoms. The van der Waals surface area contributed by atoms with Gasteiger partial charge in [0, 0.05) is 26.4 Å². The number of esters is 1. The lowest BCUT2D eigenvalue weighted by molar-refractivity contribution is -0.142. The molecule has 20 heteroatoms. The number of imide groups is 2. The third kappa shape index (κ3) is 22.1. The fraction of sp³-hybridized carbons (Fsp3) is 0.707. The molecule has 2 aliphatic heterocycles. The van der Waals surface area contributed by atoms with Gasteiger partial charge in [-0.3, -0.25) is 39.0 Å². The Balaban J connectivity index is 0.997. The quantitative estimate of drug-likeness (QED) is 0.0542. The van der Waals surface area contributed by atoms with Crippen LogP contribution >= 0.6 is 0 Å². The first kappa shape index (κ1) is 51.4. The molecule has 20 nitrogen and oxygen atoms in total. The van der Waals surface area contributed by atoms with Crippen LogP contribution in [0.15, 0.2) is 18.2 Å². The second-order valence-corrected chi connectivity index (χ2v) is 13.5. The van der Waals surface area contributed by atoms with Crippen molar-refractivity contribution in [1.29, 1.82) is 0 Å². The summed E-state index contributed by atoms with van der Waals surface area (Å²) in [7, 11) is 0. The Bertz CT molecular complexity index is 1460. The molecular weight excluding hydrogens is 806 g/mol. The monoisotopic (exact) mass is 869 g/mol. The van der Waals surface area contributed by atoms with E-state index in [1.165, 1.54) is 13.0 Å². The van der Waals surface area contributed by atoms with E-state index in [1.54, 1.807) is 12.1 Å². The summed E-state index contributed by atoms with van der Waals surface area (Å²) < 4.78 is 59.3. The molecule has 1 fully saturated rings. The number of unbranched alkanes of at least 4 members (excludes halogenated alkanes) is 2. The van der Waals surface area contributed by atoms with Crippen molar-refractivity contribution >= 4 is 41.2 Å². The molecule has 0 saturated carbocycles. The van der Waals surface area contributed by atoms with Gasteiger partial charge in [-0.25, -0.2) is 0 Å². The van der Waals surface area contributed by atoms with Crippen LogP contribution in [0.1, 0.15) is 66.2 Å². The Morgan fingerprint density at radius 3 is 1.48 bits per heavy atom. The molecule has 0 radical (unpaired) electrons. The van der Waals surface area contributed by atoms with E-state index < -0.39 is 29.7 Å². The lowest BCUT2D eigenvalue weighted by Gasteiger charge is -2.27. The fourth-order valence-corrected chi connectivity index (χ4v) is 5.82. The summed E-state index contributed by atoms with van der Waals surface area (Å²) >= 11 is 0. The molecule has 1 atom stereocenters. The molecule has 2 heterocycles. The number of nitrogens with zero attached hydrogens (tertiary/aromatic N) is 1. The summed E-state index contributed by atoms with van der Waals surface area (Å²) in [6.45, 7) is 10.7. The number of carbonyl (C=O) groups excluding carboxylic acids is 6. The number of benzene rings is 1. The molecule has 1 saturated heterocycles. The highest BCUT2D eigenvalue weighted by molar-refractivity contribution is 6.26. The van der Waals surface area contributed by atoms with Crippen LogP contribution in [0.5, 0.6) is 0 Å². The minimum absolute atomic E-state index is 0.0253. The van der Waals surface area contributed by atoms with Gasteiger partial charge >= 0.3 is 5.97 Å². The summed E-state index contributed by atoms with van der Waals surface area (Å²) in [5, 5.41) is 4.90. The molecule has 0 bridgehead atoms. The van der Waals surface area contributed by atoms with Crippen molar-refractivity contribution < 1.29 is 80.9 Å². The van der Waals surface area contributed by atoms with Crippen LogP contribution in [0.25, 0.3) is 0 Å². The Labute approximate surface area is 356 Å². The van der Waals surface area contributed by atoms with Crippen molar-refractivity contribution in [2.45, 2.75) is 51.5 Å². The standard InChI is InChI=1S/C41H63N3O17/c1-32(45)61-31-30-60-29-28-59-27-26-58-25-24-57-23-22-56-21-20-55-19-18-54-17-16-53-15-14-52-13-12-51-11-4-2-3-8-36(46)42-34-7-5-6-33-38(34)41(50)44(40(33)49)35-9-10-37(47)43-39(35)48/h5-7,35H,2-4,8-31H2,1H3,(H,42,46)(H,43,47,48). The van der Waals surface area contributed by atoms with E-state index in [4.69, 9.17) is 52.1 Å². The number of amides is 5. The van der Waals surface area contributed by atoms with E-state index in [-0.39, 0.29) is 54.6 Å². The minimum atomic E-state index is -1.08. The Hall–Kier alpha value is -3.96. The summed E-state index contributed by atoms with van der Waals surface area (Å²) in [6, 6.07) is 3.52. The molecule has 0 aliphatic carbocycles. The maximum absolute atomic E-state index is 13.2. The highest BCUT2D eigenvalue weighted by Crippen LogP contribution is 2.32. The molecule has 1 aromatic carbocycles. The first-order chi connectivity index (χ1) is 29.8. The number of ether oxygens (including phenoxy) is 11. The number of hydrogen-bond acceptors (Lipinski definition) is 17. The molecule has 2 N–H and O–H groups in total. The predicted octanol–water partition coefficient (Wildman–Crippen LogP) is 1.32. The summed E-state index contributed by atoms with van der Waals surface area (Å²) in [4.78, 5) is 74.2. The van der Waals surface area contributed by atoms with E-state index in [9.17, 15) is 28.8 Å².